The molecule has 1 aromatic carbocycles. The van der Waals surface area contributed by atoms with Gasteiger partial charge in [0.15, 0.2) is 0 Å². The van der Waals surface area contributed by atoms with E-state index >= 15 is 0 Å². The standard InChI is InChI=1S/C15H23N3/c1-5-17-15(11-16,12-18(4)13(2)3)14-9-7-6-8-10-14/h6-10,13,17H,5,12H2,1-4H3. The summed E-state index contributed by atoms with van der Waals surface area (Å²) in [6.07, 6.45) is 0. The van der Waals surface area contributed by atoms with Crippen molar-refractivity contribution in [1.29, 1.82) is 5.26 Å². The van der Waals surface area contributed by atoms with E-state index in [0.29, 0.717) is 12.6 Å². The molecule has 1 aromatic rings. The van der Waals surface area contributed by atoms with Gasteiger partial charge in [-0.1, -0.05) is 37.3 Å². The van der Waals surface area contributed by atoms with Crippen LogP contribution in [0.25, 0.3) is 0 Å². The van der Waals surface area contributed by atoms with Gasteiger partial charge in [-0.15, -0.1) is 0 Å². The maximum Gasteiger partial charge on any atom is 0.145 e. The predicted octanol–water partition coefficient (Wildman–Crippen LogP) is 2.36. The number of hydrogen-bond acceptors (Lipinski definition) is 3. The molecule has 1 unspecified atom stereocenters. The van der Waals surface area contributed by atoms with E-state index in [1.54, 1.807) is 0 Å². The maximum absolute atomic E-state index is 9.65. The van der Waals surface area contributed by atoms with Gasteiger partial charge in [0.05, 0.1) is 6.07 Å². The van der Waals surface area contributed by atoms with Gasteiger partial charge < -0.3 is 4.90 Å². The van der Waals surface area contributed by atoms with E-state index in [-0.39, 0.29) is 0 Å². The Morgan fingerprint density at radius 1 is 1.33 bits per heavy atom. The number of nitrogens with zero attached hydrogens (tertiary/aromatic N) is 2. The van der Waals surface area contributed by atoms with Crippen LogP contribution in [0.15, 0.2) is 30.3 Å². The lowest BCUT2D eigenvalue weighted by Crippen LogP contribution is -2.50. The first-order valence-electron chi connectivity index (χ1n) is 6.47. The molecule has 0 aliphatic rings. The van der Waals surface area contributed by atoms with Crippen LogP contribution in [0.3, 0.4) is 0 Å². The highest BCUT2D eigenvalue weighted by Crippen LogP contribution is 2.22. The Kier molecular flexibility index (Phi) is 5.33. The molecule has 0 aliphatic carbocycles. The molecule has 0 saturated carbocycles. The van der Waals surface area contributed by atoms with Crippen molar-refractivity contribution in [1.82, 2.24) is 10.2 Å². The van der Waals surface area contributed by atoms with Crippen molar-refractivity contribution in [2.45, 2.75) is 32.4 Å². The second kappa shape index (κ2) is 6.53. The zero-order chi connectivity index (χ0) is 13.6. The number of benzene rings is 1. The predicted molar refractivity (Wildman–Crippen MR) is 75.2 cm³/mol. The second-order valence-corrected chi connectivity index (χ2v) is 4.92. The van der Waals surface area contributed by atoms with Crippen molar-refractivity contribution in [2.75, 3.05) is 20.1 Å². The molecule has 98 valence electrons. The lowest BCUT2D eigenvalue weighted by atomic mass is 9.90. The minimum absolute atomic E-state index is 0.417. The molecule has 0 heterocycles. The van der Waals surface area contributed by atoms with E-state index in [1.165, 1.54) is 0 Å². The average molecular weight is 245 g/mol. The van der Waals surface area contributed by atoms with Gasteiger partial charge in [0, 0.05) is 12.6 Å². The monoisotopic (exact) mass is 245 g/mol. The van der Waals surface area contributed by atoms with Crippen molar-refractivity contribution in [3.05, 3.63) is 35.9 Å². The van der Waals surface area contributed by atoms with Crippen LogP contribution in [0.1, 0.15) is 26.3 Å². The first-order chi connectivity index (χ1) is 8.55. The van der Waals surface area contributed by atoms with E-state index in [0.717, 1.165) is 12.1 Å². The van der Waals surface area contributed by atoms with Gasteiger partial charge >= 0.3 is 0 Å². The van der Waals surface area contributed by atoms with Gasteiger partial charge in [0.2, 0.25) is 0 Å². The first-order valence-corrected chi connectivity index (χ1v) is 6.47. The summed E-state index contributed by atoms with van der Waals surface area (Å²) in [5.74, 6) is 0. The SMILES string of the molecule is CCNC(C#N)(CN(C)C(C)C)c1ccccc1. The van der Waals surface area contributed by atoms with Crippen LogP contribution in [0.5, 0.6) is 0 Å². The zero-order valence-electron chi connectivity index (χ0n) is 11.8. The third kappa shape index (κ3) is 3.32. The minimum atomic E-state index is -0.630. The first kappa shape index (κ1) is 14.7. The number of nitriles is 1. The topological polar surface area (TPSA) is 39.1 Å². The summed E-state index contributed by atoms with van der Waals surface area (Å²) in [5.41, 5.74) is 0.400. The van der Waals surface area contributed by atoms with Gasteiger partial charge in [0.25, 0.3) is 0 Å². The quantitative estimate of drug-likeness (QED) is 0.836. The van der Waals surface area contributed by atoms with Crippen molar-refractivity contribution in [3.8, 4) is 6.07 Å². The molecule has 0 bridgehead atoms. The fourth-order valence-corrected chi connectivity index (χ4v) is 1.97. The van der Waals surface area contributed by atoms with E-state index in [2.05, 4.69) is 37.2 Å². The fourth-order valence-electron chi connectivity index (χ4n) is 1.97. The largest absolute Gasteiger partial charge is 0.301 e. The Bertz CT molecular complexity index is 394. The molecule has 3 nitrogen and oxygen atoms in total. The average Bonchev–Trinajstić information content (AvgIpc) is 2.39. The zero-order valence-corrected chi connectivity index (χ0v) is 11.8. The summed E-state index contributed by atoms with van der Waals surface area (Å²) in [4.78, 5) is 2.19. The molecule has 0 radical (unpaired) electrons. The Hall–Kier alpha value is -1.37. The second-order valence-electron chi connectivity index (χ2n) is 4.92. The van der Waals surface area contributed by atoms with Crippen LogP contribution >= 0.6 is 0 Å². The molecule has 0 amide bonds. The molecule has 3 heteroatoms. The lowest BCUT2D eigenvalue weighted by molar-refractivity contribution is 0.212. The Morgan fingerprint density at radius 2 is 1.94 bits per heavy atom. The summed E-state index contributed by atoms with van der Waals surface area (Å²) >= 11 is 0. The fraction of sp³-hybridized carbons (Fsp3) is 0.533. The highest BCUT2D eigenvalue weighted by molar-refractivity contribution is 5.32. The lowest BCUT2D eigenvalue weighted by Gasteiger charge is -2.34. The van der Waals surface area contributed by atoms with Crippen LogP contribution in [0.2, 0.25) is 0 Å². The van der Waals surface area contributed by atoms with Crippen LogP contribution in [-0.4, -0.2) is 31.1 Å². The van der Waals surface area contributed by atoms with Gasteiger partial charge in [-0.2, -0.15) is 5.26 Å². The molecule has 18 heavy (non-hydrogen) atoms. The van der Waals surface area contributed by atoms with E-state index < -0.39 is 5.54 Å². The molecule has 0 aromatic heterocycles. The number of nitrogens with one attached hydrogen (secondary N) is 1. The molecule has 0 spiro atoms. The third-order valence-electron chi connectivity index (χ3n) is 3.30. The van der Waals surface area contributed by atoms with Gasteiger partial charge in [-0.3, -0.25) is 5.32 Å². The summed E-state index contributed by atoms with van der Waals surface area (Å²) in [6, 6.07) is 12.8. The molecular formula is C15H23N3. The number of likely N-dealkylation sites (N-methyl/N-ethyl adjacent to an activating group) is 2. The van der Waals surface area contributed by atoms with Crippen LogP contribution < -0.4 is 5.32 Å². The van der Waals surface area contributed by atoms with E-state index in [1.807, 2.05) is 37.3 Å². The Balaban J connectivity index is 3.07. The highest BCUT2D eigenvalue weighted by atomic mass is 15.2. The minimum Gasteiger partial charge on any atom is -0.301 e. The van der Waals surface area contributed by atoms with Gasteiger partial charge in [-0.05, 0) is 33.0 Å². The molecule has 1 N–H and O–H groups in total. The van der Waals surface area contributed by atoms with E-state index in [4.69, 9.17) is 0 Å². The third-order valence-corrected chi connectivity index (χ3v) is 3.30. The van der Waals surface area contributed by atoms with Crippen molar-refractivity contribution < 1.29 is 0 Å². The molecule has 1 atom stereocenters. The molecule has 0 aliphatic heterocycles. The van der Waals surface area contributed by atoms with Crippen molar-refractivity contribution in [3.63, 3.8) is 0 Å². The van der Waals surface area contributed by atoms with Crippen LogP contribution in [-0.2, 0) is 5.54 Å². The molecular weight excluding hydrogens is 222 g/mol. The van der Waals surface area contributed by atoms with E-state index in [9.17, 15) is 5.26 Å². The van der Waals surface area contributed by atoms with Gasteiger partial charge in [-0.25, -0.2) is 0 Å². The van der Waals surface area contributed by atoms with Crippen LogP contribution in [0.4, 0.5) is 0 Å². The Morgan fingerprint density at radius 3 is 2.39 bits per heavy atom. The van der Waals surface area contributed by atoms with Crippen molar-refractivity contribution >= 4 is 0 Å². The maximum atomic E-state index is 9.65. The molecule has 1 rings (SSSR count). The Labute approximate surface area is 110 Å². The normalized spacial score (nSPS) is 14.5. The summed E-state index contributed by atoms with van der Waals surface area (Å²) in [7, 11) is 2.05. The summed E-state index contributed by atoms with van der Waals surface area (Å²) < 4.78 is 0. The van der Waals surface area contributed by atoms with Crippen molar-refractivity contribution in [2.24, 2.45) is 0 Å². The van der Waals surface area contributed by atoms with Crippen LogP contribution in [0, 0.1) is 11.3 Å². The summed E-state index contributed by atoms with van der Waals surface area (Å²) in [5, 5.41) is 13.0. The smallest absolute Gasteiger partial charge is 0.145 e. The summed E-state index contributed by atoms with van der Waals surface area (Å²) in [6.45, 7) is 7.76. The molecule has 0 fully saturated rings. The highest BCUT2D eigenvalue weighted by Gasteiger charge is 2.33. The molecule has 0 saturated heterocycles. The number of rotatable bonds is 6. The van der Waals surface area contributed by atoms with Gasteiger partial charge in [0.1, 0.15) is 5.54 Å². The number of hydrogen-bond donors (Lipinski definition) is 1.